The highest BCUT2D eigenvalue weighted by Crippen LogP contribution is 2.25. The number of hydrogen-bond donors (Lipinski definition) is 0. The first-order valence-electron chi connectivity index (χ1n) is 11.0. The van der Waals surface area contributed by atoms with E-state index in [0.717, 1.165) is 47.5 Å². The highest BCUT2D eigenvalue weighted by Gasteiger charge is 2.24. The van der Waals surface area contributed by atoms with E-state index in [2.05, 4.69) is 64.2 Å². The average Bonchev–Trinajstić information content (AvgIpc) is 3.27. The van der Waals surface area contributed by atoms with Gasteiger partial charge in [0.25, 0.3) is 5.91 Å². The Bertz CT molecular complexity index is 1210. The van der Waals surface area contributed by atoms with Crippen LogP contribution >= 0.6 is 0 Å². The zero-order valence-electron chi connectivity index (χ0n) is 18.3. The third kappa shape index (κ3) is 3.94. The number of aromatic nitrogens is 1. The predicted molar refractivity (Wildman–Crippen MR) is 129 cm³/mol. The molecule has 1 amide bonds. The molecule has 32 heavy (non-hydrogen) atoms. The van der Waals surface area contributed by atoms with Gasteiger partial charge in [-0.2, -0.15) is 0 Å². The predicted octanol–water partition coefficient (Wildman–Crippen LogP) is 4.66. The number of carbonyl (C=O) groups is 1. The molecule has 1 aromatic heterocycles. The SMILES string of the molecule is COc1ccc(N2CCN(C(=O)c3cccc4ccn(Cc5ccccc5)c34)CC2)cc1. The van der Waals surface area contributed by atoms with Crippen LogP contribution in [0.4, 0.5) is 5.69 Å². The largest absolute Gasteiger partial charge is 0.497 e. The number of hydrogen-bond acceptors (Lipinski definition) is 3. The summed E-state index contributed by atoms with van der Waals surface area (Å²) < 4.78 is 7.44. The van der Waals surface area contributed by atoms with Crippen LogP contribution in [0, 0.1) is 0 Å². The van der Waals surface area contributed by atoms with Gasteiger partial charge in [-0.3, -0.25) is 4.79 Å². The maximum absolute atomic E-state index is 13.5. The van der Waals surface area contributed by atoms with Crippen molar-refractivity contribution in [1.82, 2.24) is 9.47 Å². The monoisotopic (exact) mass is 425 g/mol. The molecule has 0 spiro atoms. The van der Waals surface area contributed by atoms with Gasteiger partial charge in [-0.25, -0.2) is 0 Å². The van der Waals surface area contributed by atoms with Crippen molar-refractivity contribution in [2.45, 2.75) is 6.54 Å². The zero-order valence-corrected chi connectivity index (χ0v) is 18.3. The van der Waals surface area contributed by atoms with Gasteiger partial charge in [-0.15, -0.1) is 0 Å². The molecule has 0 radical (unpaired) electrons. The number of fused-ring (bicyclic) bond motifs is 1. The molecule has 1 aliphatic heterocycles. The van der Waals surface area contributed by atoms with Crippen molar-refractivity contribution in [1.29, 1.82) is 0 Å². The van der Waals surface area contributed by atoms with Gasteiger partial charge in [-0.05, 0) is 42.0 Å². The number of nitrogens with zero attached hydrogens (tertiary/aromatic N) is 3. The van der Waals surface area contributed by atoms with Crippen LogP contribution in [0.1, 0.15) is 15.9 Å². The summed E-state index contributed by atoms with van der Waals surface area (Å²) in [6, 6.07) is 26.6. The molecule has 1 saturated heterocycles. The van der Waals surface area contributed by atoms with Gasteiger partial charge >= 0.3 is 0 Å². The topological polar surface area (TPSA) is 37.7 Å². The maximum atomic E-state index is 13.5. The van der Waals surface area contributed by atoms with E-state index in [4.69, 9.17) is 4.74 Å². The fourth-order valence-electron chi connectivity index (χ4n) is 4.48. The minimum Gasteiger partial charge on any atom is -0.497 e. The smallest absolute Gasteiger partial charge is 0.256 e. The third-order valence-electron chi connectivity index (χ3n) is 6.22. The van der Waals surface area contributed by atoms with Crippen LogP contribution in [0.25, 0.3) is 10.9 Å². The summed E-state index contributed by atoms with van der Waals surface area (Å²) in [4.78, 5) is 17.8. The Balaban J connectivity index is 1.34. The molecule has 0 aliphatic carbocycles. The highest BCUT2D eigenvalue weighted by molar-refractivity contribution is 6.06. The minimum atomic E-state index is 0.109. The van der Waals surface area contributed by atoms with Gasteiger partial charge < -0.3 is 19.1 Å². The van der Waals surface area contributed by atoms with Crippen LogP contribution in [-0.4, -0.2) is 48.7 Å². The summed E-state index contributed by atoms with van der Waals surface area (Å²) >= 11 is 0. The molecule has 0 unspecified atom stereocenters. The number of benzene rings is 3. The van der Waals surface area contributed by atoms with Crippen LogP contribution in [0.3, 0.4) is 0 Å². The Kier molecular flexibility index (Phi) is 5.55. The zero-order chi connectivity index (χ0) is 21.9. The first kappa shape index (κ1) is 20.2. The van der Waals surface area contributed by atoms with Gasteiger partial charge in [-0.1, -0.05) is 42.5 Å². The molecule has 0 atom stereocenters. The number of methoxy groups -OCH3 is 1. The van der Waals surface area contributed by atoms with Crippen molar-refractivity contribution < 1.29 is 9.53 Å². The second-order valence-corrected chi connectivity index (χ2v) is 8.15. The molecule has 1 fully saturated rings. The van der Waals surface area contributed by atoms with Gasteiger partial charge in [0.05, 0.1) is 18.2 Å². The molecule has 3 aromatic carbocycles. The summed E-state index contributed by atoms with van der Waals surface area (Å²) in [5, 5.41) is 1.10. The van der Waals surface area contributed by atoms with E-state index in [0.29, 0.717) is 13.1 Å². The van der Waals surface area contributed by atoms with Gasteiger partial charge in [0.15, 0.2) is 0 Å². The minimum absolute atomic E-state index is 0.109. The second kappa shape index (κ2) is 8.79. The Hall–Kier alpha value is -3.73. The molecule has 0 bridgehead atoms. The Labute approximate surface area is 188 Å². The van der Waals surface area contributed by atoms with Crippen LogP contribution < -0.4 is 9.64 Å². The average molecular weight is 426 g/mol. The van der Waals surface area contributed by atoms with E-state index < -0.39 is 0 Å². The fourth-order valence-corrected chi connectivity index (χ4v) is 4.48. The number of para-hydroxylation sites is 1. The van der Waals surface area contributed by atoms with Crippen LogP contribution in [0.2, 0.25) is 0 Å². The number of piperazine rings is 1. The Morgan fingerprint density at radius 3 is 2.31 bits per heavy atom. The van der Waals surface area contributed by atoms with Crippen molar-refractivity contribution in [2.75, 3.05) is 38.2 Å². The summed E-state index contributed by atoms with van der Waals surface area (Å²) in [7, 11) is 1.68. The molecule has 5 rings (SSSR count). The number of carbonyl (C=O) groups excluding carboxylic acids is 1. The normalized spacial score (nSPS) is 14.0. The van der Waals surface area contributed by atoms with Crippen LogP contribution in [0.15, 0.2) is 85.1 Å². The number of amides is 1. The quantitative estimate of drug-likeness (QED) is 0.467. The fraction of sp³-hybridized carbons (Fsp3) is 0.222. The summed E-state index contributed by atoms with van der Waals surface area (Å²) in [6.45, 7) is 3.80. The Morgan fingerprint density at radius 1 is 0.844 bits per heavy atom. The second-order valence-electron chi connectivity index (χ2n) is 8.15. The lowest BCUT2D eigenvalue weighted by Crippen LogP contribution is -2.48. The molecule has 4 aromatic rings. The molecule has 1 aliphatic rings. The maximum Gasteiger partial charge on any atom is 0.256 e. The lowest BCUT2D eigenvalue weighted by Gasteiger charge is -2.36. The van der Waals surface area contributed by atoms with Crippen molar-refractivity contribution in [3.8, 4) is 5.75 Å². The standard InChI is InChI=1S/C27H27N3O2/c1-32-24-12-10-23(11-13-24)28-16-18-29(19-17-28)27(31)25-9-5-8-22-14-15-30(26(22)25)20-21-6-3-2-4-7-21/h2-15H,16-20H2,1H3. The summed E-state index contributed by atoms with van der Waals surface area (Å²) in [5.41, 5.74) is 4.18. The molecule has 0 saturated carbocycles. The summed E-state index contributed by atoms with van der Waals surface area (Å²) in [5.74, 6) is 0.965. The molecular formula is C27H27N3O2. The van der Waals surface area contributed by atoms with E-state index in [-0.39, 0.29) is 5.91 Å². The Morgan fingerprint density at radius 2 is 1.59 bits per heavy atom. The molecular weight excluding hydrogens is 398 g/mol. The first-order chi connectivity index (χ1) is 15.7. The molecule has 5 heteroatoms. The van der Waals surface area contributed by atoms with Gasteiger partial charge in [0.2, 0.25) is 0 Å². The highest BCUT2D eigenvalue weighted by atomic mass is 16.5. The molecule has 0 N–H and O–H groups in total. The van der Waals surface area contributed by atoms with E-state index in [1.165, 1.54) is 5.56 Å². The van der Waals surface area contributed by atoms with Gasteiger partial charge in [0.1, 0.15) is 5.75 Å². The number of rotatable bonds is 5. The first-order valence-corrected chi connectivity index (χ1v) is 11.0. The lowest BCUT2D eigenvalue weighted by atomic mass is 10.1. The van der Waals surface area contributed by atoms with Crippen LogP contribution in [-0.2, 0) is 6.54 Å². The number of anilines is 1. The number of ether oxygens (including phenoxy) is 1. The van der Waals surface area contributed by atoms with E-state index >= 15 is 0 Å². The van der Waals surface area contributed by atoms with Crippen molar-refractivity contribution >= 4 is 22.5 Å². The van der Waals surface area contributed by atoms with Gasteiger partial charge in [0, 0.05) is 50.0 Å². The molecule has 162 valence electrons. The third-order valence-corrected chi connectivity index (χ3v) is 6.22. The van der Waals surface area contributed by atoms with Crippen molar-refractivity contribution in [3.05, 3.63) is 96.2 Å². The lowest BCUT2D eigenvalue weighted by molar-refractivity contribution is 0.0748. The van der Waals surface area contributed by atoms with Crippen LogP contribution in [0.5, 0.6) is 5.75 Å². The van der Waals surface area contributed by atoms with E-state index in [1.807, 2.05) is 35.2 Å². The van der Waals surface area contributed by atoms with Crippen molar-refractivity contribution in [2.24, 2.45) is 0 Å². The summed E-state index contributed by atoms with van der Waals surface area (Å²) in [6.07, 6.45) is 2.08. The molecule has 2 heterocycles. The van der Waals surface area contributed by atoms with E-state index in [1.54, 1.807) is 7.11 Å². The molecule has 5 nitrogen and oxygen atoms in total. The van der Waals surface area contributed by atoms with E-state index in [9.17, 15) is 4.79 Å². The van der Waals surface area contributed by atoms with Crippen molar-refractivity contribution in [3.63, 3.8) is 0 Å².